The summed E-state index contributed by atoms with van der Waals surface area (Å²) >= 11 is 18.1. The Hall–Kier alpha value is -0.110. The van der Waals surface area contributed by atoms with Gasteiger partial charge in [0.05, 0.1) is 6.61 Å². The molecule has 1 atom stereocenters. The average Bonchev–Trinajstić information content (AvgIpc) is 2.15. The molecule has 0 saturated heterocycles. The average molecular weight is 296 g/mol. The van der Waals surface area contributed by atoms with Gasteiger partial charge in [-0.15, -0.1) is 0 Å². The van der Waals surface area contributed by atoms with Crippen LogP contribution in [0.4, 0.5) is 0 Å². The first kappa shape index (κ1) is 14.9. The predicted molar refractivity (Wildman–Crippen MR) is 75.5 cm³/mol. The monoisotopic (exact) mass is 294 g/mol. The van der Waals surface area contributed by atoms with Gasteiger partial charge in [0, 0.05) is 5.92 Å². The molecule has 0 fully saturated rings. The van der Waals surface area contributed by atoms with Gasteiger partial charge in [0.15, 0.2) is 3.79 Å². The van der Waals surface area contributed by atoms with Crippen LogP contribution in [0.25, 0.3) is 0 Å². The number of ether oxygens (including phenoxy) is 1. The molecule has 1 rings (SSSR count). The van der Waals surface area contributed by atoms with Crippen molar-refractivity contribution in [1.29, 1.82) is 0 Å². The van der Waals surface area contributed by atoms with Crippen molar-refractivity contribution in [2.75, 3.05) is 6.61 Å². The Morgan fingerprint density at radius 3 is 2.35 bits per heavy atom. The van der Waals surface area contributed by atoms with Crippen LogP contribution in [-0.2, 0) is 0 Å². The topological polar surface area (TPSA) is 9.23 Å². The fourth-order valence-electron chi connectivity index (χ4n) is 1.92. The summed E-state index contributed by atoms with van der Waals surface area (Å²) in [5, 5.41) is 0. The van der Waals surface area contributed by atoms with E-state index in [1.165, 1.54) is 0 Å². The van der Waals surface area contributed by atoms with Gasteiger partial charge in [-0.25, -0.2) is 0 Å². The standard InChI is InChI=1S/C13H17Cl3O/c1-4-17-11-7-5-6-10(8-11)12(9(2)3)13(14,15)16/h5-9,12H,4H2,1-3H3. The van der Waals surface area contributed by atoms with Gasteiger partial charge in [0.2, 0.25) is 0 Å². The molecule has 0 aliphatic rings. The van der Waals surface area contributed by atoms with Crippen molar-refractivity contribution in [3.05, 3.63) is 29.8 Å². The largest absolute Gasteiger partial charge is 0.494 e. The number of benzene rings is 1. The molecule has 1 nitrogen and oxygen atoms in total. The lowest BCUT2D eigenvalue weighted by Crippen LogP contribution is -2.22. The molecule has 0 aliphatic heterocycles. The van der Waals surface area contributed by atoms with Crippen LogP contribution in [0.15, 0.2) is 24.3 Å². The zero-order valence-electron chi connectivity index (χ0n) is 10.2. The molecular weight excluding hydrogens is 279 g/mol. The van der Waals surface area contributed by atoms with Crippen molar-refractivity contribution in [2.45, 2.75) is 30.5 Å². The molecule has 0 saturated carbocycles. The SMILES string of the molecule is CCOc1cccc(C(C(C)C)C(Cl)(Cl)Cl)c1. The van der Waals surface area contributed by atoms with Crippen molar-refractivity contribution in [1.82, 2.24) is 0 Å². The third kappa shape index (κ3) is 4.24. The second-order valence-corrected chi connectivity index (χ2v) is 6.64. The number of hydrogen-bond acceptors (Lipinski definition) is 1. The minimum Gasteiger partial charge on any atom is -0.494 e. The van der Waals surface area contributed by atoms with E-state index in [-0.39, 0.29) is 11.8 Å². The van der Waals surface area contributed by atoms with E-state index in [1.807, 2.05) is 45.0 Å². The van der Waals surface area contributed by atoms with E-state index in [0.717, 1.165) is 11.3 Å². The molecular formula is C13H17Cl3O. The summed E-state index contributed by atoms with van der Waals surface area (Å²) in [5.74, 6) is 0.900. The summed E-state index contributed by atoms with van der Waals surface area (Å²) in [6.45, 7) is 6.66. The maximum atomic E-state index is 6.05. The number of halogens is 3. The Labute approximate surface area is 118 Å². The summed E-state index contributed by atoms with van der Waals surface area (Å²) in [6, 6.07) is 7.74. The third-order valence-corrected chi connectivity index (χ3v) is 3.25. The summed E-state index contributed by atoms with van der Waals surface area (Å²) in [4.78, 5) is 0. The van der Waals surface area contributed by atoms with Crippen LogP contribution in [0, 0.1) is 5.92 Å². The molecule has 0 radical (unpaired) electrons. The van der Waals surface area contributed by atoms with Gasteiger partial charge in [-0.3, -0.25) is 0 Å². The minimum atomic E-state index is -1.31. The van der Waals surface area contributed by atoms with E-state index in [0.29, 0.717) is 6.61 Å². The molecule has 0 amide bonds. The second-order valence-electron chi connectivity index (χ2n) is 4.27. The highest BCUT2D eigenvalue weighted by Crippen LogP contribution is 2.46. The minimum absolute atomic E-state index is 0.145. The van der Waals surface area contributed by atoms with E-state index in [1.54, 1.807) is 0 Å². The smallest absolute Gasteiger partial charge is 0.197 e. The first-order chi connectivity index (χ1) is 7.86. The maximum Gasteiger partial charge on any atom is 0.197 e. The fraction of sp³-hybridized carbons (Fsp3) is 0.538. The highest BCUT2D eigenvalue weighted by molar-refractivity contribution is 6.68. The predicted octanol–water partition coefficient (Wildman–Crippen LogP) is 5.20. The van der Waals surface area contributed by atoms with Crippen LogP contribution in [0.5, 0.6) is 5.75 Å². The lowest BCUT2D eigenvalue weighted by Gasteiger charge is -2.28. The summed E-state index contributed by atoms with van der Waals surface area (Å²) < 4.78 is 4.15. The molecule has 4 heteroatoms. The van der Waals surface area contributed by atoms with Gasteiger partial charge in [0.1, 0.15) is 5.75 Å². The van der Waals surface area contributed by atoms with Crippen molar-refractivity contribution in [2.24, 2.45) is 5.92 Å². The Bertz CT molecular complexity index is 358. The van der Waals surface area contributed by atoms with E-state index in [4.69, 9.17) is 39.5 Å². The molecule has 0 aromatic heterocycles. The molecule has 96 valence electrons. The Morgan fingerprint density at radius 1 is 1.24 bits per heavy atom. The van der Waals surface area contributed by atoms with E-state index in [9.17, 15) is 0 Å². The highest BCUT2D eigenvalue weighted by atomic mass is 35.6. The van der Waals surface area contributed by atoms with Gasteiger partial charge in [-0.2, -0.15) is 0 Å². The van der Waals surface area contributed by atoms with Crippen LogP contribution in [0.2, 0.25) is 0 Å². The summed E-state index contributed by atoms with van der Waals surface area (Å²) in [6.07, 6.45) is 0. The molecule has 0 N–H and O–H groups in total. The molecule has 1 aromatic rings. The molecule has 17 heavy (non-hydrogen) atoms. The van der Waals surface area contributed by atoms with Crippen molar-refractivity contribution in [3.8, 4) is 5.75 Å². The molecule has 0 bridgehead atoms. The van der Waals surface area contributed by atoms with Gasteiger partial charge < -0.3 is 4.74 Å². The van der Waals surface area contributed by atoms with Crippen LogP contribution >= 0.6 is 34.8 Å². The molecule has 0 heterocycles. The molecule has 0 aliphatic carbocycles. The van der Waals surface area contributed by atoms with Crippen molar-refractivity contribution >= 4 is 34.8 Å². The number of hydrogen-bond donors (Lipinski definition) is 0. The Morgan fingerprint density at radius 2 is 1.88 bits per heavy atom. The summed E-state index contributed by atoms with van der Waals surface area (Å²) in [7, 11) is 0. The molecule has 1 aromatic carbocycles. The first-order valence-corrected chi connectivity index (χ1v) is 6.79. The third-order valence-electron chi connectivity index (χ3n) is 2.55. The summed E-state index contributed by atoms with van der Waals surface area (Å²) in [5.41, 5.74) is 0.992. The van der Waals surface area contributed by atoms with E-state index < -0.39 is 3.79 Å². The zero-order valence-corrected chi connectivity index (χ0v) is 12.5. The Balaban J connectivity index is 3.06. The van der Waals surface area contributed by atoms with Gasteiger partial charge in [-0.1, -0.05) is 60.8 Å². The number of rotatable bonds is 4. The van der Waals surface area contributed by atoms with E-state index >= 15 is 0 Å². The second kappa shape index (κ2) is 6.17. The molecule has 1 unspecified atom stereocenters. The Kier molecular flexibility index (Phi) is 5.43. The van der Waals surface area contributed by atoms with Crippen molar-refractivity contribution < 1.29 is 4.74 Å². The lowest BCUT2D eigenvalue weighted by molar-refractivity contribution is 0.339. The van der Waals surface area contributed by atoms with Crippen LogP contribution < -0.4 is 4.74 Å². The first-order valence-electron chi connectivity index (χ1n) is 5.65. The van der Waals surface area contributed by atoms with Crippen LogP contribution in [0.1, 0.15) is 32.3 Å². The molecule has 0 spiro atoms. The fourth-order valence-corrected chi connectivity index (χ4v) is 3.05. The van der Waals surface area contributed by atoms with Crippen LogP contribution in [0.3, 0.4) is 0 Å². The maximum absolute atomic E-state index is 6.05. The lowest BCUT2D eigenvalue weighted by atomic mass is 9.89. The quantitative estimate of drug-likeness (QED) is 0.694. The van der Waals surface area contributed by atoms with Gasteiger partial charge in [-0.05, 0) is 30.5 Å². The zero-order chi connectivity index (χ0) is 13.1. The van der Waals surface area contributed by atoms with Crippen molar-refractivity contribution in [3.63, 3.8) is 0 Å². The normalized spacial score (nSPS) is 13.8. The van der Waals surface area contributed by atoms with Crippen LogP contribution in [-0.4, -0.2) is 10.4 Å². The van der Waals surface area contributed by atoms with E-state index in [2.05, 4.69) is 0 Å². The van der Waals surface area contributed by atoms with Gasteiger partial charge >= 0.3 is 0 Å². The van der Waals surface area contributed by atoms with Gasteiger partial charge in [0.25, 0.3) is 0 Å². The highest BCUT2D eigenvalue weighted by Gasteiger charge is 2.36. The number of alkyl halides is 3.